The molecule has 0 aromatic carbocycles. The Kier molecular flexibility index (Phi) is 4.42. The quantitative estimate of drug-likeness (QED) is 0.899. The highest BCUT2D eigenvalue weighted by Gasteiger charge is 2.22. The Morgan fingerprint density at radius 3 is 2.70 bits per heavy atom. The topological polar surface area (TPSA) is 61.4 Å². The summed E-state index contributed by atoms with van der Waals surface area (Å²) in [6.07, 6.45) is 0.960. The second kappa shape index (κ2) is 6.07. The molecule has 2 heterocycles. The maximum absolute atomic E-state index is 12.0. The van der Waals surface area contributed by atoms with Crippen molar-refractivity contribution in [3.8, 4) is 0 Å². The summed E-state index contributed by atoms with van der Waals surface area (Å²) in [6, 6.07) is 0. The van der Waals surface area contributed by atoms with Crippen molar-refractivity contribution in [1.82, 2.24) is 14.9 Å². The zero-order valence-corrected chi connectivity index (χ0v) is 12.7. The van der Waals surface area contributed by atoms with Gasteiger partial charge in [0.2, 0.25) is 5.91 Å². The van der Waals surface area contributed by atoms with Gasteiger partial charge in [0.15, 0.2) is 0 Å². The minimum atomic E-state index is 0.142. The van der Waals surface area contributed by atoms with Crippen LogP contribution in [0.2, 0.25) is 0 Å². The van der Waals surface area contributed by atoms with Crippen molar-refractivity contribution >= 4 is 17.5 Å². The van der Waals surface area contributed by atoms with Crippen LogP contribution in [0.5, 0.6) is 0 Å². The molecule has 6 nitrogen and oxygen atoms in total. The highest BCUT2D eigenvalue weighted by atomic mass is 16.2. The van der Waals surface area contributed by atoms with Crippen molar-refractivity contribution in [3.05, 3.63) is 11.4 Å². The van der Waals surface area contributed by atoms with Crippen LogP contribution in [-0.4, -0.2) is 54.0 Å². The molecule has 1 N–H and O–H groups in total. The molecule has 1 aliphatic rings. The van der Waals surface area contributed by atoms with E-state index in [9.17, 15) is 4.79 Å². The SMILES string of the molecule is CCNc1nc(C)nc(N2CCCN(C)C(=O)C2)c1C. The van der Waals surface area contributed by atoms with E-state index < -0.39 is 0 Å². The van der Waals surface area contributed by atoms with E-state index >= 15 is 0 Å². The van der Waals surface area contributed by atoms with Gasteiger partial charge in [-0.2, -0.15) is 0 Å². The van der Waals surface area contributed by atoms with Gasteiger partial charge in [0.1, 0.15) is 17.5 Å². The van der Waals surface area contributed by atoms with Crippen LogP contribution < -0.4 is 10.2 Å². The van der Waals surface area contributed by atoms with Gasteiger partial charge in [-0.3, -0.25) is 4.79 Å². The Balaban J connectivity index is 2.33. The van der Waals surface area contributed by atoms with Crippen LogP contribution in [0.3, 0.4) is 0 Å². The van der Waals surface area contributed by atoms with Crippen LogP contribution in [0.1, 0.15) is 24.7 Å². The molecule has 0 unspecified atom stereocenters. The standard InChI is InChI=1S/C14H23N5O/c1-5-15-13-10(2)14(17-11(3)16-13)19-8-6-7-18(4)12(20)9-19/h5-9H2,1-4H3,(H,15,16,17). The number of rotatable bonds is 3. The van der Waals surface area contributed by atoms with E-state index in [-0.39, 0.29) is 5.91 Å². The molecule has 110 valence electrons. The normalized spacial score (nSPS) is 16.3. The monoisotopic (exact) mass is 277 g/mol. The molecule has 1 amide bonds. The number of amides is 1. The molecular weight excluding hydrogens is 254 g/mol. The Bertz CT molecular complexity index is 503. The minimum Gasteiger partial charge on any atom is -0.370 e. The van der Waals surface area contributed by atoms with Gasteiger partial charge < -0.3 is 15.1 Å². The summed E-state index contributed by atoms with van der Waals surface area (Å²) in [5, 5.41) is 3.26. The highest BCUT2D eigenvalue weighted by molar-refractivity contribution is 5.82. The first-order valence-electron chi connectivity index (χ1n) is 7.11. The van der Waals surface area contributed by atoms with Crippen LogP contribution in [0.25, 0.3) is 0 Å². The van der Waals surface area contributed by atoms with Gasteiger partial charge in [0, 0.05) is 32.2 Å². The maximum atomic E-state index is 12.0. The van der Waals surface area contributed by atoms with Crippen LogP contribution in [0.15, 0.2) is 0 Å². The molecule has 1 fully saturated rings. The number of carbonyl (C=O) groups is 1. The van der Waals surface area contributed by atoms with Crippen molar-refractivity contribution in [1.29, 1.82) is 0 Å². The van der Waals surface area contributed by atoms with E-state index in [1.165, 1.54) is 0 Å². The number of nitrogens with one attached hydrogen (secondary N) is 1. The average Bonchev–Trinajstić information content (AvgIpc) is 2.56. The number of likely N-dealkylation sites (N-methyl/N-ethyl adjacent to an activating group) is 1. The van der Waals surface area contributed by atoms with Crippen molar-refractivity contribution in [3.63, 3.8) is 0 Å². The summed E-state index contributed by atoms with van der Waals surface area (Å²) >= 11 is 0. The third kappa shape index (κ3) is 3.00. The minimum absolute atomic E-state index is 0.142. The lowest BCUT2D eigenvalue weighted by atomic mass is 10.2. The van der Waals surface area contributed by atoms with Gasteiger partial charge in [0.05, 0.1) is 6.54 Å². The first-order chi connectivity index (χ1) is 9.52. The van der Waals surface area contributed by atoms with Crippen LogP contribution in [-0.2, 0) is 4.79 Å². The van der Waals surface area contributed by atoms with Crippen molar-refractivity contribution in [2.24, 2.45) is 0 Å². The molecule has 0 aliphatic carbocycles. The summed E-state index contributed by atoms with van der Waals surface area (Å²) < 4.78 is 0. The lowest BCUT2D eigenvalue weighted by molar-refractivity contribution is -0.127. The van der Waals surface area contributed by atoms with Crippen LogP contribution >= 0.6 is 0 Å². The number of hydrogen-bond acceptors (Lipinski definition) is 5. The molecule has 1 aliphatic heterocycles. The number of hydrogen-bond donors (Lipinski definition) is 1. The molecule has 0 bridgehead atoms. The van der Waals surface area contributed by atoms with E-state index in [0.29, 0.717) is 6.54 Å². The van der Waals surface area contributed by atoms with Crippen molar-refractivity contribution in [2.45, 2.75) is 27.2 Å². The van der Waals surface area contributed by atoms with Gasteiger partial charge >= 0.3 is 0 Å². The summed E-state index contributed by atoms with van der Waals surface area (Å²) in [6.45, 7) is 8.79. The molecule has 1 saturated heterocycles. The lowest BCUT2D eigenvalue weighted by Gasteiger charge is -2.24. The molecule has 1 aromatic heterocycles. The predicted octanol–water partition coefficient (Wildman–Crippen LogP) is 1.19. The highest BCUT2D eigenvalue weighted by Crippen LogP contribution is 2.24. The first kappa shape index (κ1) is 14.6. The maximum Gasteiger partial charge on any atom is 0.241 e. The van der Waals surface area contributed by atoms with Crippen molar-refractivity contribution in [2.75, 3.05) is 43.4 Å². The van der Waals surface area contributed by atoms with Crippen LogP contribution in [0.4, 0.5) is 11.6 Å². The van der Waals surface area contributed by atoms with E-state index in [1.807, 2.05) is 27.8 Å². The third-order valence-electron chi connectivity index (χ3n) is 3.55. The smallest absolute Gasteiger partial charge is 0.241 e. The van der Waals surface area contributed by atoms with Gasteiger partial charge in [-0.25, -0.2) is 9.97 Å². The molecular formula is C14H23N5O. The van der Waals surface area contributed by atoms with E-state index in [2.05, 4.69) is 20.2 Å². The zero-order valence-electron chi connectivity index (χ0n) is 12.7. The molecule has 0 spiro atoms. The number of anilines is 2. The number of aryl methyl sites for hydroxylation is 1. The average molecular weight is 277 g/mol. The van der Waals surface area contributed by atoms with Gasteiger partial charge in [0.25, 0.3) is 0 Å². The number of carbonyl (C=O) groups excluding carboxylic acids is 1. The Morgan fingerprint density at radius 1 is 1.25 bits per heavy atom. The summed E-state index contributed by atoms with van der Waals surface area (Å²) in [5.41, 5.74) is 1.01. The van der Waals surface area contributed by atoms with E-state index in [1.54, 1.807) is 4.90 Å². The molecule has 20 heavy (non-hydrogen) atoms. The molecule has 1 aromatic rings. The Hall–Kier alpha value is -1.85. The zero-order chi connectivity index (χ0) is 14.7. The van der Waals surface area contributed by atoms with Gasteiger partial charge in [-0.05, 0) is 27.2 Å². The first-order valence-corrected chi connectivity index (χ1v) is 7.11. The largest absolute Gasteiger partial charge is 0.370 e. The fourth-order valence-electron chi connectivity index (χ4n) is 2.43. The lowest BCUT2D eigenvalue weighted by Crippen LogP contribution is -2.35. The van der Waals surface area contributed by atoms with Gasteiger partial charge in [-0.1, -0.05) is 0 Å². The fraction of sp³-hybridized carbons (Fsp3) is 0.643. The molecule has 6 heteroatoms. The predicted molar refractivity (Wildman–Crippen MR) is 80.1 cm³/mol. The molecule has 0 atom stereocenters. The molecule has 2 rings (SSSR count). The Labute approximate surface area is 120 Å². The van der Waals surface area contributed by atoms with E-state index in [4.69, 9.17) is 0 Å². The summed E-state index contributed by atoms with van der Waals surface area (Å²) in [7, 11) is 1.86. The second-order valence-electron chi connectivity index (χ2n) is 5.19. The van der Waals surface area contributed by atoms with Crippen molar-refractivity contribution < 1.29 is 4.79 Å². The van der Waals surface area contributed by atoms with Gasteiger partial charge in [-0.15, -0.1) is 0 Å². The van der Waals surface area contributed by atoms with E-state index in [0.717, 1.165) is 49.1 Å². The van der Waals surface area contributed by atoms with Crippen LogP contribution in [0, 0.1) is 13.8 Å². The third-order valence-corrected chi connectivity index (χ3v) is 3.55. The second-order valence-corrected chi connectivity index (χ2v) is 5.19. The Morgan fingerprint density at radius 2 is 2.00 bits per heavy atom. The fourth-order valence-corrected chi connectivity index (χ4v) is 2.43. The molecule has 0 radical (unpaired) electrons. The number of nitrogens with zero attached hydrogens (tertiary/aromatic N) is 4. The number of aromatic nitrogens is 2. The summed E-state index contributed by atoms with van der Waals surface area (Å²) in [4.78, 5) is 24.9. The summed E-state index contributed by atoms with van der Waals surface area (Å²) in [5.74, 6) is 2.60. The molecule has 0 saturated carbocycles.